The van der Waals surface area contributed by atoms with Crippen molar-refractivity contribution in [3.63, 3.8) is 0 Å². The summed E-state index contributed by atoms with van der Waals surface area (Å²) >= 11 is 7.14. The fourth-order valence-corrected chi connectivity index (χ4v) is 2.70. The maximum Gasteiger partial charge on any atom is 0.0322 e. The second kappa shape index (κ2) is 4.97. The van der Waals surface area contributed by atoms with Gasteiger partial charge in [0, 0.05) is 87.7 Å². The van der Waals surface area contributed by atoms with Gasteiger partial charge in [0.15, 0.2) is 0 Å². The van der Waals surface area contributed by atoms with E-state index in [0.717, 1.165) is 6.04 Å². The molecule has 0 atom stereocenters. The van der Waals surface area contributed by atoms with E-state index in [1.54, 1.807) is 0 Å². The molecular formula is C5H9I3N2. The topological polar surface area (TPSA) is 6.48 Å². The SMILES string of the molecule is IN1CCC(N(I)I)CC1. The lowest BCUT2D eigenvalue weighted by Gasteiger charge is -2.29. The molecule has 0 N–H and O–H groups in total. The molecule has 1 rings (SSSR count). The first-order valence-corrected chi connectivity index (χ1v) is 6.11. The van der Waals surface area contributed by atoms with E-state index in [-0.39, 0.29) is 0 Å². The zero-order valence-corrected chi connectivity index (χ0v) is 11.9. The van der Waals surface area contributed by atoms with Crippen LogP contribution in [-0.2, 0) is 0 Å². The molecule has 1 heterocycles. The van der Waals surface area contributed by atoms with Gasteiger partial charge in [0.05, 0.1) is 0 Å². The van der Waals surface area contributed by atoms with E-state index in [0.29, 0.717) is 0 Å². The number of nitrogens with zero attached hydrogens (tertiary/aromatic N) is 2. The van der Waals surface area contributed by atoms with Crippen molar-refractivity contribution in [3.8, 4) is 0 Å². The summed E-state index contributed by atoms with van der Waals surface area (Å²) in [4.78, 5) is 0. The van der Waals surface area contributed by atoms with Gasteiger partial charge in [0.1, 0.15) is 0 Å². The number of halogens is 3. The predicted molar refractivity (Wildman–Crippen MR) is 68.5 cm³/mol. The molecule has 0 spiro atoms. The summed E-state index contributed by atoms with van der Waals surface area (Å²) in [7, 11) is 0. The number of piperidine rings is 1. The van der Waals surface area contributed by atoms with Crippen molar-refractivity contribution in [2.75, 3.05) is 13.1 Å². The van der Waals surface area contributed by atoms with E-state index in [1.165, 1.54) is 25.9 Å². The zero-order chi connectivity index (χ0) is 7.56. The van der Waals surface area contributed by atoms with Gasteiger partial charge in [-0.2, -0.15) is 1.33 Å². The van der Waals surface area contributed by atoms with Crippen LogP contribution in [0.25, 0.3) is 0 Å². The molecule has 0 aromatic heterocycles. The van der Waals surface area contributed by atoms with Crippen LogP contribution in [0.3, 0.4) is 0 Å². The lowest BCUT2D eigenvalue weighted by Crippen LogP contribution is -2.33. The van der Waals surface area contributed by atoms with Crippen molar-refractivity contribution in [2.24, 2.45) is 0 Å². The van der Waals surface area contributed by atoms with E-state index >= 15 is 0 Å². The highest BCUT2D eigenvalue weighted by Gasteiger charge is 2.20. The third-order valence-corrected chi connectivity index (χ3v) is 4.23. The quantitative estimate of drug-likeness (QED) is 0.423. The predicted octanol–water partition coefficient (Wildman–Crippen LogP) is 2.80. The molecule has 10 heavy (non-hydrogen) atoms. The van der Waals surface area contributed by atoms with Crippen LogP contribution in [0.15, 0.2) is 0 Å². The molecule has 1 aliphatic heterocycles. The first kappa shape index (κ1) is 10.2. The monoisotopic (exact) mass is 478 g/mol. The average molecular weight is 478 g/mol. The fourth-order valence-electron chi connectivity index (χ4n) is 1.03. The van der Waals surface area contributed by atoms with Crippen LogP contribution in [0, 0.1) is 0 Å². The van der Waals surface area contributed by atoms with Gasteiger partial charge >= 0.3 is 0 Å². The lowest BCUT2D eigenvalue weighted by atomic mass is 10.1. The average Bonchev–Trinajstić information content (AvgIpc) is 1.88. The Morgan fingerprint density at radius 3 is 2.10 bits per heavy atom. The van der Waals surface area contributed by atoms with Crippen molar-refractivity contribution in [3.05, 3.63) is 0 Å². The molecule has 1 fully saturated rings. The van der Waals surface area contributed by atoms with Gasteiger partial charge < -0.3 is 0 Å². The Hall–Kier alpha value is 2.11. The number of hydrogen-bond donors (Lipinski definition) is 0. The molecule has 0 radical (unpaired) electrons. The largest absolute Gasteiger partial charge is 0.247 e. The van der Waals surface area contributed by atoms with Crippen molar-refractivity contribution >= 4 is 68.6 Å². The molecule has 1 aliphatic rings. The van der Waals surface area contributed by atoms with Gasteiger partial charge in [0.2, 0.25) is 0 Å². The van der Waals surface area contributed by atoms with E-state index < -0.39 is 0 Å². The summed E-state index contributed by atoms with van der Waals surface area (Å²) in [6, 6.07) is 0.798. The van der Waals surface area contributed by atoms with Crippen LogP contribution >= 0.6 is 68.6 Å². The second-order valence-electron chi connectivity index (χ2n) is 2.40. The highest BCUT2D eigenvalue weighted by molar-refractivity contribution is 14.2. The summed E-state index contributed by atoms with van der Waals surface area (Å²) in [5, 5.41) is 0. The van der Waals surface area contributed by atoms with E-state index in [9.17, 15) is 0 Å². The van der Waals surface area contributed by atoms with Gasteiger partial charge in [0.25, 0.3) is 0 Å². The van der Waals surface area contributed by atoms with Crippen LogP contribution in [0.5, 0.6) is 0 Å². The lowest BCUT2D eigenvalue weighted by molar-refractivity contribution is 0.332. The summed E-state index contributed by atoms with van der Waals surface area (Å²) in [5.74, 6) is 0. The molecule has 60 valence electrons. The second-order valence-corrected chi connectivity index (χ2v) is 7.69. The first-order valence-electron chi connectivity index (χ1n) is 3.21. The summed E-state index contributed by atoms with van der Waals surface area (Å²) < 4.78 is 4.64. The number of rotatable bonds is 1. The highest BCUT2D eigenvalue weighted by Crippen LogP contribution is 2.24. The highest BCUT2D eigenvalue weighted by atomic mass is 127. The minimum Gasteiger partial charge on any atom is -0.247 e. The van der Waals surface area contributed by atoms with Crippen LogP contribution in [-0.4, -0.2) is 23.6 Å². The molecule has 0 saturated carbocycles. The Balaban J connectivity index is 2.26. The van der Waals surface area contributed by atoms with E-state index in [2.05, 4.69) is 73.0 Å². The van der Waals surface area contributed by atoms with Crippen molar-refractivity contribution < 1.29 is 0 Å². The zero-order valence-electron chi connectivity index (χ0n) is 5.43. The Labute approximate surface area is 104 Å². The minimum atomic E-state index is 0.798. The van der Waals surface area contributed by atoms with Crippen molar-refractivity contribution in [2.45, 2.75) is 18.9 Å². The van der Waals surface area contributed by atoms with Crippen LogP contribution < -0.4 is 0 Å². The smallest absolute Gasteiger partial charge is 0.0322 e. The maximum absolute atomic E-state index is 2.40. The molecule has 0 amide bonds. The standard InChI is InChI=1S/C5H9I3N2/c6-9-3-1-5(2-4-9)10(7)8/h5H,1-4H2. The Morgan fingerprint density at radius 1 is 1.20 bits per heavy atom. The Kier molecular flexibility index (Phi) is 5.07. The van der Waals surface area contributed by atoms with Gasteiger partial charge in [-0.3, -0.25) is 0 Å². The molecule has 0 aliphatic carbocycles. The molecule has 1 saturated heterocycles. The van der Waals surface area contributed by atoms with Crippen molar-refractivity contribution in [1.82, 2.24) is 4.44 Å². The third kappa shape index (κ3) is 3.23. The molecular weight excluding hydrogens is 469 g/mol. The molecule has 2 nitrogen and oxygen atoms in total. The van der Waals surface area contributed by atoms with Crippen molar-refractivity contribution in [1.29, 1.82) is 0 Å². The van der Waals surface area contributed by atoms with Crippen LogP contribution in [0.4, 0.5) is 0 Å². The normalized spacial score (nSPS) is 24.0. The Morgan fingerprint density at radius 2 is 1.70 bits per heavy atom. The maximum atomic E-state index is 2.40. The van der Waals surface area contributed by atoms with E-state index in [1.807, 2.05) is 0 Å². The molecule has 0 unspecified atom stereocenters. The summed E-state index contributed by atoms with van der Waals surface area (Å²) in [5.41, 5.74) is 0. The third-order valence-electron chi connectivity index (χ3n) is 1.69. The van der Waals surface area contributed by atoms with Gasteiger partial charge in [-0.1, -0.05) is 0 Å². The van der Waals surface area contributed by atoms with E-state index in [4.69, 9.17) is 0 Å². The van der Waals surface area contributed by atoms with Gasteiger partial charge in [-0.15, -0.1) is 0 Å². The molecule has 5 heteroatoms. The number of hydrogen-bond acceptors (Lipinski definition) is 2. The van der Waals surface area contributed by atoms with Gasteiger partial charge in [-0.25, -0.2) is 3.11 Å². The van der Waals surface area contributed by atoms with Crippen LogP contribution in [0.1, 0.15) is 12.8 Å². The van der Waals surface area contributed by atoms with Gasteiger partial charge in [-0.05, 0) is 12.8 Å². The molecule has 0 bridgehead atoms. The summed E-state index contributed by atoms with van der Waals surface area (Å²) in [6.45, 7) is 2.49. The first-order chi connectivity index (χ1) is 4.70. The summed E-state index contributed by atoms with van der Waals surface area (Å²) in [6.07, 6.45) is 2.63. The van der Waals surface area contributed by atoms with Crippen LogP contribution in [0.2, 0.25) is 0 Å². The fraction of sp³-hybridized carbons (Fsp3) is 1.00. The Bertz CT molecular complexity index is 101. The molecule has 0 aromatic rings. The molecule has 0 aromatic carbocycles. The minimum absolute atomic E-state index is 0.798.